The van der Waals surface area contributed by atoms with Crippen LogP contribution < -0.4 is 5.32 Å². The lowest BCUT2D eigenvalue weighted by atomic mass is 10.1. The van der Waals surface area contributed by atoms with Crippen LogP contribution in [0.4, 0.5) is 4.39 Å². The molecule has 0 atom stereocenters. The van der Waals surface area contributed by atoms with Crippen molar-refractivity contribution in [2.24, 2.45) is 0 Å². The molecule has 1 heterocycles. The summed E-state index contributed by atoms with van der Waals surface area (Å²) in [4.78, 5) is 2.79. The number of quaternary nitrogens is 1. The Labute approximate surface area is 105 Å². The van der Waals surface area contributed by atoms with E-state index in [1.807, 2.05) is 23.5 Å². The van der Waals surface area contributed by atoms with Crippen LogP contribution in [0.25, 0.3) is 0 Å². The molecule has 0 aliphatic heterocycles. The van der Waals surface area contributed by atoms with Gasteiger partial charge in [-0.2, -0.15) is 0 Å². The molecule has 0 radical (unpaired) electrons. The fraction of sp³-hybridized carbons (Fsp3) is 0.286. The summed E-state index contributed by atoms with van der Waals surface area (Å²) >= 11 is 1.86. The number of benzene rings is 1. The van der Waals surface area contributed by atoms with E-state index < -0.39 is 0 Å². The maximum absolute atomic E-state index is 12.7. The van der Waals surface area contributed by atoms with Crippen LogP contribution in [-0.4, -0.2) is 6.54 Å². The van der Waals surface area contributed by atoms with Gasteiger partial charge >= 0.3 is 0 Å². The number of thiophene rings is 1. The Morgan fingerprint density at radius 2 is 1.88 bits per heavy atom. The second kappa shape index (κ2) is 5.94. The molecule has 1 nitrogen and oxygen atoms in total. The molecule has 0 aliphatic rings. The van der Waals surface area contributed by atoms with Gasteiger partial charge in [-0.3, -0.25) is 0 Å². The smallest absolute Gasteiger partial charge is 0.123 e. The van der Waals surface area contributed by atoms with Crippen molar-refractivity contribution < 1.29 is 9.71 Å². The zero-order valence-corrected chi connectivity index (χ0v) is 10.8. The molecular weight excluding hydrogens is 233 g/mol. The molecule has 1 aromatic heterocycles. The quantitative estimate of drug-likeness (QED) is 0.785. The summed E-state index contributed by atoms with van der Waals surface area (Å²) in [5.41, 5.74) is 1.20. The Morgan fingerprint density at radius 3 is 2.53 bits per heavy atom. The van der Waals surface area contributed by atoms with Crippen molar-refractivity contribution in [2.45, 2.75) is 19.9 Å². The number of hydrogen-bond donors (Lipinski definition) is 1. The molecule has 0 saturated carbocycles. The first kappa shape index (κ1) is 12.3. The molecule has 17 heavy (non-hydrogen) atoms. The summed E-state index contributed by atoms with van der Waals surface area (Å²) < 4.78 is 12.7. The molecule has 0 bridgehead atoms. The first-order valence-electron chi connectivity index (χ1n) is 5.85. The number of halogens is 1. The van der Waals surface area contributed by atoms with Gasteiger partial charge in [-0.15, -0.1) is 11.3 Å². The molecule has 0 unspecified atom stereocenters. The van der Waals surface area contributed by atoms with E-state index in [0.29, 0.717) is 0 Å². The number of rotatable bonds is 5. The SMILES string of the molecule is Cc1ccc(C[NH2+]CCc2ccc(F)cc2)s1. The molecule has 0 amide bonds. The van der Waals surface area contributed by atoms with Crippen LogP contribution >= 0.6 is 11.3 Å². The van der Waals surface area contributed by atoms with Gasteiger partial charge < -0.3 is 5.32 Å². The molecule has 1 aromatic carbocycles. The molecule has 3 heteroatoms. The van der Waals surface area contributed by atoms with Gasteiger partial charge in [0.05, 0.1) is 11.4 Å². The summed E-state index contributed by atoms with van der Waals surface area (Å²) in [5, 5.41) is 2.30. The van der Waals surface area contributed by atoms with Crippen LogP contribution in [0.15, 0.2) is 36.4 Å². The molecule has 0 fully saturated rings. The van der Waals surface area contributed by atoms with Gasteiger partial charge in [0.15, 0.2) is 0 Å². The van der Waals surface area contributed by atoms with Crippen molar-refractivity contribution in [3.63, 3.8) is 0 Å². The van der Waals surface area contributed by atoms with Gasteiger partial charge in [0.25, 0.3) is 0 Å². The zero-order chi connectivity index (χ0) is 12.1. The molecule has 2 rings (SSSR count). The molecular formula is C14H17FNS+. The lowest BCUT2D eigenvalue weighted by molar-refractivity contribution is -0.669. The van der Waals surface area contributed by atoms with Crippen LogP contribution in [0.5, 0.6) is 0 Å². The Bertz CT molecular complexity index is 461. The lowest BCUT2D eigenvalue weighted by Crippen LogP contribution is -2.82. The monoisotopic (exact) mass is 250 g/mol. The normalized spacial score (nSPS) is 10.7. The van der Waals surface area contributed by atoms with Crippen LogP contribution in [-0.2, 0) is 13.0 Å². The van der Waals surface area contributed by atoms with Gasteiger partial charge in [0, 0.05) is 11.3 Å². The lowest BCUT2D eigenvalue weighted by Gasteiger charge is -2.01. The van der Waals surface area contributed by atoms with E-state index >= 15 is 0 Å². The minimum absolute atomic E-state index is 0.160. The van der Waals surface area contributed by atoms with E-state index in [1.165, 1.54) is 27.5 Å². The van der Waals surface area contributed by atoms with Gasteiger partial charge in [0.2, 0.25) is 0 Å². The predicted octanol–water partition coefficient (Wildman–Crippen LogP) is 2.50. The first-order valence-corrected chi connectivity index (χ1v) is 6.67. The topological polar surface area (TPSA) is 16.6 Å². The second-order valence-corrected chi connectivity index (χ2v) is 5.54. The van der Waals surface area contributed by atoms with Crippen LogP contribution in [0.1, 0.15) is 15.3 Å². The fourth-order valence-electron chi connectivity index (χ4n) is 1.76. The highest BCUT2D eigenvalue weighted by Gasteiger charge is 1.99. The molecule has 90 valence electrons. The molecule has 0 saturated heterocycles. The minimum Gasteiger partial charge on any atom is -0.342 e. The molecule has 2 aromatic rings. The third-order valence-electron chi connectivity index (χ3n) is 2.69. The van der Waals surface area contributed by atoms with Crippen molar-refractivity contribution in [1.82, 2.24) is 0 Å². The van der Waals surface area contributed by atoms with Crippen molar-refractivity contribution in [2.75, 3.05) is 6.54 Å². The summed E-state index contributed by atoms with van der Waals surface area (Å²) in [6.45, 7) is 4.22. The standard InChI is InChI=1S/C14H16FNS/c1-11-2-7-14(17-11)10-16-9-8-12-3-5-13(15)6-4-12/h2-7,16H,8-10H2,1H3/p+1. The number of aryl methyl sites for hydroxylation is 1. The summed E-state index contributed by atoms with van der Waals surface area (Å²) in [5.74, 6) is -0.160. The second-order valence-electron chi connectivity index (χ2n) is 4.17. The van der Waals surface area contributed by atoms with Crippen LogP contribution in [0, 0.1) is 12.7 Å². The third kappa shape index (κ3) is 3.95. The maximum Gasteiger partial charge on any atom is 0.123 e. The Balaban J connectivity index is 1.71. The fourth-order valence-corrected chi connectivity index (χ4v) is 2.65. The van der Waals surface area contributed by atoms with Gasteiger partial charge in [0.1, 0.15) is 12.4 Å². The van der Waals surface area contributed by atoms with E-state index in [4.69, 9.17) is 0 Å². The average molecular weight is 250 g/mol. The van der Waals surface area contributed by atoms with E-state index in [0.717, 1.165) is 19.5 Å². The zero-order valence-electron chi connectivity index (χ0n) is 9.95. The van der Waals surface area contributed by atoms with E-state index in [-0.39, 0.29) is 5.82 Å². The summed E-state index contributed by atoms with van der Waals surface area (Å²) in [6.07, 6.45) is 0.991. The number of nitrogens with two attached hydrogens (primary N) is 1. The highest BCUT2D eigenvalue weighted by atomic mass is 32.1. The Morgan fingerprint density at radius 1 is 1.12 bits per heavy atom. The van der Waals surface area contributed by atoms with E-state index in [2.05, 4.69) is 24.4 Å². The van der Waals surface area contributed by atoms with Crippen LogP contribution in [0.2, 0.25) is 0 Å². The van der Waals surface area contributed by atoms with E-state index in [1.54, 1.807) is 0 Å². The highest BCUT2D eigenvalue weighted by Crippen LogP contribution is 2.13. The van der Waals surface area contributed by atoms with Gasteiger partial charge in [-0.05, 0) is 36.8 Å². The third-order valence-corrected chi connectivity index (χ3v) is 3.71. The molecule has 2 N–H and O–H groups in total. The van der Waals surface area contributed by atoms with Crippen molar-refractivity contribution in [3.8, 4) is 0 Å². The molecule has 0 aliphatic carbocycles. The molecule has 0 spiro atoms. The first-order chi connectivity index (χ1) is 8.24. The van der Waals surface area contributed by atoms with Crippen molar-refractivity contribution in [1.29, 1.82) is 0 Å². The van der Waals surface area contributed by atoms with Gasteiger partial charge in [-0.25, -0.2) is 4.39 Å². The Hall–Kier alpha value is -1.19. The predicted molar refractivity (Wildman–Crippen MR) is 69.7 cm³/mol. The highest BCUT2D eigenvalue weighted by molar-refractivity contribution is 7.11. The van der Waals surface area contributed by atoms with Crippen LogP contribution in [0.3, 0.4) is 0 Å². The average Bonchev–Trinajstić information content (AvgIpc) is 2.73. The minimum atomic E-state index is -0.160. The summed E-state index contributed by atoms with van der Waals surface area (Å²) in [7, 11) is 0. The Kier molecular flexibility index (Phi) is 4.29. The van der Waals surface area contributed by atoms with E-state index in [9.17, 15) is 4.39 Å². The maximum atomic E-state index is 12.7. The largest absolute Gasteiger partial charge is 0.342 e. The summed E-state index contributed by atoms with van der Waals surface area (Å²) in [6, 6.07) is 11.1. The van der Waals surface area contributed by atoms with Crippen molar-refractivity contribution in [3.05, 3.63) is 57.5 Å². The number of hydrogen-bond acceptors (Lipinski definition) is 1. The van der Waals surface area contributed by atoms with Gasteiger partial charge in [-0.1, -0.05) is 12.1 Å². The van der Waals surface area contributed by atoms with Crippen molar-refractivity contribution >= 4 is 11.3 Å².